The van der Waals surface area contributed by atoms with Crippen LogP contribution in [0.3, 0.4) is 0 Å². The van der Waals surface area contributed by atoms with Crippen molar-refractivity contribution >= 4 is 57.9 Å². The molecule has 1 aromatic carbocycles. The molecule has 2 aliphatic rings. The first-order valence-corrected chi connectivity index (χ1v) is 12.9. The second-order valence-corrected chi connectivity index (χ2v) is 10.2. The summed E-state index contributed by atoms with van der Waals surface area (Å²) in [5, 5.41) is 6.82. The Kier molecular flexibility index (Phi) is 7.45. The van der Waals surface area contributed by atoms with Crippen molar-refractivity contribution in [1.29, 1.82) is 0 Å². The molecule has 3 aromatic rings. The molecule has 36 heavy (non-hydrogen) atoms. The summed E-state index contributed by atoms with van der Waals surface area (Å²) >= 11 is 12.2. The number of halogens is 3. The number of primary amides is 1. The standard InChI is InChI=1S/C24H28Cl2FN7O2/c25-14-10-17(26)20(18(27)11-14)32-24-31-19-12-29-23(30-15-2-1-8-36-9-7-15)33-22(19)34(24)16-5-3-13(4-6-16)21(28)35/h10-13,15-16H,1-9H2,(H2,28,35)(H,31,32)(H,29,30,33)/t13?,15-,16?/m0/s1. The molecule has 1 saturated carbocycles. The van der Waals surface area contributed by atoms with Crippen LogP contribution >= 0.6 is 23.2 Å². The van der Waals surface area contributed by atoms with E-state index in [1.165, 1.54) is 12.1 Å². The number of nitrogens with zero attached hydrogens (tertiary/aromatic N) is 4. The first-order valence-electron chi connectivity index (χ1n) is 12.2. The van der Waals surface area contributed by atoms with E-state index in [2.05, 4.69) is 20.6 Å². The number of nitrogens with one attached hydrogen (secondary N) is 2. The van der Waals surface area contributed by atoms with Gasteiger partial charge in [0, 0.05) is 36.2 Å². The van der Waals surface area contributed by atoms with Crippen molar-refractivity contribution in [3.63, 3.8) is 0 Å². The number of nitrogens with two attached hydrogens (primary N) is 1. The summed E-state index contributed by atoms with van der Waals surface area (Å²) < 4.78 is 22.3. The minimum absolute atomic E-state index is 0.0173. The van der Waals surface area contributed by atoms with Gasteiger partial charge in [0.05, 0.1) is 16.9 Å². The Morgan fingerprint density at radius 2 is 1.92 bits per heavy atom. The fourth-order valence-electron chi connectivity index (χ4n) is 5.02. The number of anilines is 3. The molecule has 0 unspecified atom stereocenters. The van der Waals surface area contributed by atoms with Gasteiger partial charge in [0.2, 0.25) is 17.8 Å². The number of rotatable bonds is 6. The Morgan fingerprint density at radius 3 is 2.67 bits per heavy atom. The van der Waals surface area contributed by atoms with E-state index in [1.807, 2.05) is 4.57 Å². The number of hydrogen-bond acceptors (Lipinski definition) is 7. The molecule has 1 saturated heterocycles. The van der Waals surface area contributed by atoms with E-state index in [1.54, 1.807) is 6.20 Å². The van der Waals surface area contributed by atoms with Gasteiger partial charge in [-0.25, -0.2) is 14.4 Å². The van der Waals surface area contributed by atoms with Crippen LogP contribution < -0.4 is 16.4 Å². The molecule has 4 N–H and O–H groups in total. The molecular weight excluding hydrogens is 508 g/mol. The zero-order valence-corrected chi connectivity index (χ0v) is 21.2. The van der Waals surface area contributed by atoms with Crippen molar-refractivity contribution in [3.8, 4) is 0 Å². The molecule has 0 spiro atoms. The average Bonchev–Trinajstić information content (AvgIpc) is 2.99. The van der Waals surface area contributed by atoms with Crippen molar-refractivity contribution in [1.82, 2.24) is 19.5 Å². The molecule has 12 heteroatoms. The van der Waals surface area contributed by atoms with Gasteiger partial charge in [-0.05, 0) is 57.1 Å². The maximum atomic E-state index is 14.8. The molecule has 5 rings (SSSR count). The maximum absolute atomic E-state index is 14.8. The number of fused-ring (bicyclic) bond motifs is 1. The van der Waals surface area contributed by atoms with Crippen LogP contribution in [-0.4, -0.2) is 44.7 Å². The van der Waals surface area contributed by atoms with Crippen molar-refractivity contribution in [3.05, 3.63) is 34.2 Å². The quantitative estimate of drug-likeness (QED) is 0.396. The van der Waals surface area contributed by atoms with Crippen LogP contribution in [0.25, 0.3) is 11.2 Å². The van der Waals surface area contributed by atoms with Gasteiger partial charge in [-0.3, -0.25) is 9.36 Å². The predicted octanol–water partition coefficient (Wildman–Crippen LogP) is 5.21. The van der Waals surface area contributed by atoms with E-state index < -0.39 is 5.82 Å². The predicted molar refractivity (Wildman–Crippen MR) is 137 cm³/mol. The van der Waals surface area contributed by atoms with E-state index in [-0.39, 0.29) is 39.6 Å². The van der Waals surface area contributed by atoms with Gasteiger partial charge in [0.25, 0.3) is 0 Å². The summed E-state index contributed by atoms with van der Waals surface area (Å²) in [6.45, 7) is 1.46. The topological polar surface area (TPSA) is 120 Å². The smallest absolute Gasteiger partial charge is 0.224 e. The number of hydrogen-bond donors (Lipinski definition) is 3. The van der Waals surface area contributed by atoms with Crippen LogP contribution in [0.4, 0.5) is 22.0 Å². The Hall–Kier alpha value is -2.69. The Morgan fingerprint density at radius 1 is 1.11 bits per heavy atom. The van der Waals surface area contributed by atoms with Crippen LogP contribution in [0, 0.1) is 11.7 Å². The van der Waals surface area contributed by atoms with E-state index >= 15 is 0 Å². The van der Waals surface area contributed by atoms with Crippen LogP contribution in [0.2, 0.25) is 10.0 Å². The second kappa shape index (κ2) is 10.7. The van der Waals surface area contributed by atoms with Gasteiger partial charge in [0.15, 0.2) is 5.65 Å². The Balaban J connectivity index is 1.51. The largest absolute Gasteiger partial charge is 0.381 e. The van der Waals surface area contributed by atoms with E-state index in [4.69, 9.17) is 38.7 Å². The Labute approximate surface area is 217 Å². The monoisotopic (exact) mass is 535 g/mol. The van der Waals surface area contributed by atoms with Gasteiger partial charge in [-0.1, -0.05) is 23.2 Å². The first kappa shape index (κ1) is 25.0. The van der Waals surface area contributed by atoms with Crippen molar-refractivity contribution in [2.75, 3.05) is 23.8 Å². The Bertz CT molecular complexity index is 1230. The van der Waals surface area contributed by atoms with Gasteiger partial charge < -0.3 is 21.1 Å². The number of carbonyl (C=O) groups excluding carboxylic acids is 1. The zero-order chi connectivity index (χ0) is 25.2. The molecule has 192 valence electrons. The van der Waals surface area contributed by atoms with Gasteiger partial charge in [0.1, 0.15) is 11.3 Å². The summed E-state index contributed by atoms with van der Waals surface area (Å²) in [5.41, 5.74) is 6.80. The highest BCUT2D eigenvalue weighted by Gasteiger charge is 2.29. The molecule has 2 aromatic heterocycles. The molecule has 1 amide bonds. The highest BCUT2D eigenvalue weighted by molar-refractivity contribution is 6.36. The summed E-state index contributed by atoms with van der Waals surface area (Å²) in [5.74, 6) is -0.125. The van der Waals surface area contributed by atoms with Crippen LogP contribution in [0.1, 0.15) is 51.0 Å². The number of imidazole rings is 1. The fraction of sp³-hybridized carbons (Fsp3) is 0.500. The lowest BCUT2D eigenvalue weighted by atomic mass is 9.85. The molecule has 3 heterocycles. The molecule has 2 fully saturated rings. The average molecular weight is 536 g/mol. The first-order chi connectivity index (χ1) is 17.4. The zero-order valence-electron chi connectivity index (χ0n) is 19.6. The molecule has 0 bridgehead atoms. The third-order valence-corrected chi connectivity index (χ3v) is 7.44. The van der Waals surface area contributed by atoms with Crippen LogP contribution in [0.5, 0.6) is 0 Å². The highest BCUT2D eigenvalue weighted by atomic mass is 35.5. The number of ether oxygens (including phenoxy) is 1. The summed E-state index contributed by atoms with van der Waals surface area (Å²) in [6, 6.07) is 2.86. The van der Waals surface area contributed by atoms with E-state index in [9.17, 15) is 9.18 Å². The van der Waals surface area contributed by atoms with Gasteiger partial charge in [-0.2, -0.15) is 4.98 Å². The lowest BCUT2D eigenvalue weighted by Gasteiger charge is -2.29. The minimum atomic E-state index is -0.590. The van der Waals surface area contributed by atoms with Crippen molar-refractivity contribution < 1.29 is 13.9 Å². The summed E-state index contributed by atoms with van der Waals surface area (Å²) in [6.07, 6.45) is 7.21. The number of carbonyl (C=O) groups is 1. The number of amides is 1. The molecule has 1 atom stereocenters. The van der Waals surface area contributed by atoms with Gasteiger partial charge in [-0.15, -0.1) is 0 Å². The molecular formula is C24H28Cl2FN7O2. The second-order valence-electron chi connectivity index (χ2n) is 9.37. The summed E-state index contributed by atoms with van der Waals surface area (Å²) in [7, 11) is 0. The highest BCUT2D eigenvalue weighted by Crippen LogP contribution is 2.38. The van der Waals surface area contributed by atoms with E-state index in [0.29, 0.717) is 55.4 Å². The third-order valence-electron chi connectivity index (χ3n) is 6.93. The van der Waals surface area contributed by atoms with Crippen molar-refractivity contribution in [2.45, 2.75) is 57.0 Å². The van der Waals surface area contributed by atoms with Crippen LogP contribution in [0.15, 0.2) is 18.3 Å². The van der Waals surface area contributed by atoms with Crippen LogP contribution in [-0.2, 0) is 9.53 Å². The maximum Gasteiger partial charge on any atom is 0.224 e. The fourth-order valence-corrected chi connectivity index (χ4v) is 5.53. The molecule has 1 aliphatic carbocycles. The normalized spacial score (nSPS) is 22.8. The molecule has 1 aliphatic heterocycles. The number of aromatic nitrogens is 4. The minimum Gasteiger partial charge on any atom is -0.381 e. The third kappa shape index (κ3) is 5.35. The van der Waals surface area contributed by atoms with Crippen molar-refractivity contribution in [2.24, 2.45) is 11.7 Å². The lowest BCUT2D eigenvalue weighted by molar-refractivity contribution is -0.122. The van der Waals surface area contributed by atoms with Gasteiger partial charge >= 0.3 is 0 Å². The number of benzene rings is 1. The summed E-state index contributed by atoms with van der Waals surface area (Å²) in [4.78, 5) is 25.7. The van der Waals surface area contributed by atoms with E-state index in [0.717, 1.165) is 25.9 Å². The SMILES string of the molecule is NC(=O)C1CCC(n2c(Nc3c(F)cc(Cl)cc3Cl)nc3cnc(N[C@H]4CCCOCC4)nc32)CC1. The molecule has 9 nitrogen and oxygen atoms in total. The lowest BCUT2D eigenvalue weighted by Crippen LogP contribution is -2.29. The molecule has 0 radical (unpaired) electrons.